The van der Waals surface area contributed by atoms with Gasteiger partial charge < -0.3 is 5.73 Å². The van der Waals surface area contributed by atoms with Crippen LogP contribution in [0.3, 0.4) is 0 Å². The van der Waals surface area contributed by atoms with E-state index in [2.05, 4.69) is 5.92 Å². The van der Waals surface area contributed by atoms with E-state index in [1.54, 1.807) is 0 Å². The van der Waals surface area contributed by atoms with Crippen LogP contribution in [0.15, 0.2) is 0 Å². The number of hydrogen-bond donors (Lipinski definition) is 1. The van der Waals surface area contributed by atoms with Crippen molar-refractivity contribution in [2.75, 3.05) is 0 Å². The summed E-state index contributed by atoms with van der Waals surface area (Å²) in [6, 6.07) is 0.189. The molecule has 1 atom stereocenters. The summed E-state index contributed by atoms with van der Waals surface area (Å²) >= 11 is 0. The van der Waals surface area contributed by atoms with Gasteiger partial charge in [0.15, 0.2) is 0 Å². The van der Waals surface area contributed by atoms with Crippen molar-refractivity contribution >= 4 is 5.78 Å². The van der Waals surface area contributed by atoms with Gasteiger partial charge in [0, 0.05) is 12.5 Å². The second kappa shape index (κ2) is 5.94. The third kappa shape index (κ3) is 7.08. The van der Waals surface area contributed by atoms with Crippen LogP contribution < -0.4 is 5.73 Å². The van der Waals surface area contributed by atoms with Crippen molar-refractivity contribution in [1.82, 2.24) is 0 Å². The van der Waals surface area contributed by atoms with Crippen LogP contribution in [-0.4, -0.2) is 11.8 Å². The smallest absolute Gasteiger partial charge is 0.144 e. The van der Waals surface area contributed by atoms with E-state index in [0.717, 1.165) is 12.8 Å². The fourth-order valence-electron chi connectivity index (χ4n) is 0.823. The zero-order valence-corrected chi connectivity index (χ0v) is 6.97. The highest BCUT2D eigenvalue weighted by Crippen LogP contribution is 2.00. The maximum absolute atomic E-state index is 10.8. The molecule has 0 rings (SSSR count). The van der Waals surface area contributed by atoms with E-state index in [0.29, 0.717) is 6.42 Å². The normalized spacial score (nSPS) is 12.1. The Labute approximate surface area is 68.2 Å². The lowest BCUT2D eigenvalue weighted by Crippen LogP contribution is -2.14. The van der Waals surface area contributed by atoms with Gasteiger partial charge in [-0.25, -0.2) is 0 Å². The minimum Gasteiger partial charge on any atom is -0.328 e. The van der Waals surface area contributed by atoms with Crippen LogP contribution in [0.2, 0.25) is 0 Å². The van der Waals surface area contributed by atoms with Crippen molar-refractivity contribution in [3.05, 3.63) is 0 Å². The van der Waals surface area contributed by atoms with Gasteiger partial charge in [0.1, 0.15) is 5.78 Å². The van der Waals surface area contributed by atoms with Gasteiger partial charge in [0.05, 0.1) is 6.42 Å². The minimum absolute atomic E-state index is 0.146. The number of Topliss-reactive ketones (excluding diaryl/α,β-unsaturated/α-hetero) is 1. The van der Waals surface area contributed by atoms with Crippen molar-refractivity contribution in [2.24, 2.45) is 5.73 Å². The summed E-state index contributed by atoms with van der Waals surface area (Å²) in [5, 5.41) is 0. The van der Waals surface area contributed by atoms with E-state index < -0.39 is 0 Å². The Hall–Kier alpha value is -0.810. The number of rotatable bonds is 5. The van der Waals surface area contributed by atoms with Gasteiger partial charge in [-0.2, -0.15) is 0 Å². The van der Waals surface area contributed by atoms with Crippen LogP contribution in [0.25, 0.3) is 0 Å². The highest BCUT2D eigenvalue weighted by molar-refractivity contribution is 5.80. The van der Waals surface area contributed by atoms with E-state index in [1.807, 2.05) is 6.92 Å². The summed E-state index contributed by atoms with van der Waals surface area (Å²) in [6.07, 6.45) is 7.56. The van der Waals surface area contributed by atoms with Gasteiger partial charge in [0.25, 0.3) is 0 Å². The average Bonchev–Trinajstić information content (AvgIpc) is 1.87. The average molecular weight is 153 g/mol. The third-order valence-corrected chi connectivity index (χ3v) is 1.41. The van der Waals surface area contributed by atoms with Crippen molar-refractivity contribution in [2.45, 2.75) is 38.6 Å². The summed E-state index contributed by atoms with van der Waals surface area (Å²) < 4.78 is 0. The molecule has 0 aliphatic carbocycles. The molecule has 0 aromatic heterocycles. The highest BCUT2D eigenvalue weighted by Gasteiger charge is 2.00. The third-order valence-electron chi connectivity index (χ3n) is 1.41. The Bertz CT molecular complexity index is 155. The molecule has 2 nitrogen and oxygen atoms in total. The topological polar surface area (TPSA) is 43.1 Å². The molecule has 0 bridgehead atoms. The van der Waals surface area contributed by atoms with E-state index in [4.69, 9.17) is 12.2 Å². The number of hydrogen-bond acceptors (Lipinski definition) is 2. The van der Waals surface area contributed by atoms with Gasteiger partial charge in [-0.3, -0.25) is 4.79 Å². The molecule has 0 aliphatic rings. The fraction of sp³-hybridized carbons (Fsp3) is 0.667. The molecule has 0 radical (unpaired) electrons. The van der Waals surface area contributed by atoms with Gasteiger partial charge in [-0.15, -0.1) is 6.42 Å². The summed E-state index contributed by atoms with van der Waals surface area (Å²) in [5.41, 5.74) is 5.50. The molecular weight excluding hydrogens is 138 g/mol. The first-order chi connectivity index (χ1) is 5.16. The monoisotopic (exact) mass is 153 g/mol. The van der Waals surface area contributed by atoms with E-state index in [-0.39, 0.29) is 18.2 Å². The van der Waals surface area contributed by atoms with Gasteiger partial charge in [0.2, 0.25) is 0 Å². The van der Waals surface area contributed by atoms with Crippen LogP contribution in [0.5, 0.6) is 0 Å². The predicted octanol–water partition coefficient (Wildman–Crippen LogP) is 1.10. The maximum Gasteiger partial charge on any atom is 0.144 e. The van der Waals surface area contributed by atoms with Gasteiger partial charge in [-0.05, 0) is 19.8 Å². The van der Waals surface area contributed by atoms with Gasteiger partial charge in [-0.1, -0.05) is 5.92 Å². The number of carbonyl (C=O) groups is 1. The first-order valence-corrected chi connectivity index (χ1v) is 3.87. The minimum atomic E-state index is 0.146. The van der Waals surface area contributed by atoms with E-state index >= 15 is 0 Å². The second-order valence-corrected chi connectivity index (χ2v) is 2.79. The Balaban J connectivity index is 3.26. The number of carbonyl (C=O) groups excluding carboxylic acids is 1. The maximum atomic E-state index is 10.8. The molecule has 0 aliphatic heterocycles. The lowest BCUT2D eigenvalue weighted by Gasteiger charge is -2.01. The molecule has 0 saturated heterocycles. The molecule has 0 amide bonds. The van der Waals surface area contributed by atoms with Crippen molar-refractivity contribution in [3.8, 4) is 12.3 Å². The molecule has 0 saturated carbocycles. The van der Waals surface area contributed by atoms with Crippen LogP contribution in [0, 0.1) is 12.3 Å². The Morgan fingerprint density at radius 2 is 2.36 bits per heavy atom. The Morgan fingerprint density at radius 3 is 2.82 bits per heavy atom. The van der Waals surface area contributed by atoms with Crippen LogP contribution in [0.1, 0.15) is 32.6 Å². The SMILES string of the molecule is C#CCC(=O)CCCC(C)N. The summed E-state index contributed by atoms with van der Waals surface area (Å²) in [7, 11) is 0. The van der Waals surface area contributed by atoms with Crippen LogP contribution in [0.4, 0.5) is 0 Å². The summed E-state index contributed by atoms with van der Waals surface area (Å²) in [4.78, 5) is 10.8. The molecule has 62 valence electrons. The van der Waals surface area contributed by atoms with Crippen LogP contribution >= 0.6 is 0 Å². The molecule has 2 N–H and O–H groups in total. The van der Waals surface area contributed by atoms with Gasteiger partial charge >= 0.3 is 0 Å². The molecule has 11 heavy (non-hydrogen) atoms. The molecule has 0 aromatic rings. The zero-order valence-electron chi connectivity index (χ0n) is 6.97. The molecule has 0 heterocycles. The van der Waals surface area contributed by atoms with Crippen LogP contribution in [-0.2, 0) is 4.79 Å². The highest BCUT2D eigenvalue weighted by atomic mass is 16.1. The zero-order chi connectivity index (χ0) is 8.69. The predicted molar refractivity (Wildman–Crippen MR) is 46.0 cm³/mol. The standard InChI is InChI=1S/C9H15NO/c1-3-5-9(11)7-4-6-8(2)10/h1,8H,4-7,10H2,2H3. The lowest BCUT2D eigenvalue weighted by molar-refractivity contribution is -0.118. The molecule has 0 spiro atoms. The summed E-state index contributed by atoms with van der Waals surface area (Å²) in [6.45, 7) is 1.94. The molecule has 0 fully saturated rings. The Kier molecular flexibility index (Phi) is 5.50. The Morgan fingerprint density at radius 1 is 1.73 bits per heavy atom. The molecule has 0 aromatic carbocycles. The van der Waals surface area contributed by atoms with Crippen molar-refractivity contribution in [3.63, 3.8) is 0 Å². The lowest BCUT2D eigenvalue weighted by atomic mass is 10.1. The quantitative estimate of drug-likeness (QED) is 0.601. The fourth-order valence-corrected chi connectivity index (χ4v) is 0.823. The molecular formula is C9H15NO. The molecule has 2 heteroatoms. The van der Waals surface area contributed by atoms with E-state index in [1.165, 1.54) is 0 Å². The number of nitrogens with two attached hydrogens (primary N) is 1. The van der Waals surface area contributed by atoms with Crippen molar-refractivity contribution in [1.29, 1.82) is 0 Å². The second-order valence-electron chi connectivity index (χ2n) is 2.79. The van der Waals surface area contributed by atoms with Crippen molar-refractivity contribution < 1.29 is 4.79 Å². The first kappa shape index (κ1) is 10.2. The first-order valence-electron chi connectivity index (χ1n) is 3.87. The van der Waals surface area contributed by atoms with E-state index in [9.17, 15) is 4.79 Å². The number of ketones is 1. The number of terminal acetylenes is 1. The molecule has 1 unspecified atom stereocenters. The largest absolute Gasteiger partial charge is 0.328 e. The summed E-state index contributed by atoms with van der Waals surface area (Å²) in [5.74, 6) is 2.47.